The molecule has 78 valence electrons. The summed E-state index contributed by atoms with van der Waals surface area (Å²) < 4.78 is 4.80. The van der Waals surface area contributed by atoms with Gasteiger partial charge in [-0.05, 0) is 11.4 Å². The van der Waals surface area contributed by atoms with Crippen molar-refractivity contribution >= 4 is 17.2 Å². The molecule has 0 bridgehead atoms. The van der Waals surface area contributed by atoms with Gasteiger partial charge < -0.3 is 9.84 Å². The highest BCUT2D eigenvalue weighted by molar-refractivity contribution is 7.12. The molecule has 0 spiro atoms. The zero-order valence-electron chi connectivity index (χ0n) is 7.84. The first kappa shape index (κ1) is 9.85. The van der Waals surface area contributed by atoms with E-state index in [0.29, 0.717) is 23.7 Å². The molecule has 0 radical (unpaired) electrons. The van der Waals surface area contributed by atoms with Crippen LogP contribution in [-0.2, 0) is 6.42 Å². The van der Waals surface area contributed by atoms with Gasteiger partial charge in [0.05, 0.1) is 4.88 Å². The Morgan fingerprint density at radius 1 is 1.60 bits per heavy atom. The summed E-state index contributed by atoms with van der Waals surface area (Å²) in [5.41, 5.74) is 0. The molecule has 0 atom stereocenters. The first-order valence-electron chi connectivity index (χ1n) is 4.43. The molecule has 6 heteroatoms. The topological polar surface area (TPSA) is 68.0 Å². The number of carbonyl (C=O) groups is 1. The van der Waals surface area contributed by atoms with Crippen molar-refractivity contribution in [3.05, 3.63) is 34.6 Å². The third-order valence-electron chi connectivity index (χ3n) is 1.78. The highest BCUT2D eigenvalue weighted by Gasteiger charge is 2.06. The molecule has 1 amide bonds. The lowest BCUT2D eigenvalue weighted by atomic mass is 10.4. The van der Waals surface area contributed by atoms with Crippen molar-refractivity contribution in [3.63, 3.8) is 0 Å². The molecule has 2 rings (SSSR count). The number of carbonyl (C=O) groups excluding carboxylic acids is 1. The summed E-state index contributed by atoms with van der Waals surface area (Å²) in [6.07, 6.45) is 1.90. The Kier molecular flexibility index (Phi) is 3.08. The van der Waals surface area contributed by atoms with Crippen molar-refractivity contribution in [2.45, 2.75) is 6.42 Å². The van der Waals surface area contributed by atoms with Crippen molar-refractivity contribution in [3.8, 4) is 0 Å². The van der Waals surface area contributed by atoms with E-state index in [4.69, 9.17) is 4.52 Å². The van der Waals surface area contributed by atoms with E-state index in [0.717, 1.165) is 0 Å². The lowest BCUT2D eigenvalue weighted by molar-refractivity contribution is 0.0957. The van der Waals surface area contributed by atoms with Crippen LogP contribution in [0.3, 0.4) is 0 Å². The SMILES string of the molecule is O=C(NCCc1ncno1)c1cccs1. The van der Waals surface area contributed by atoms with E-state index in [2.05, 4.69) is 15.5 Å². The van der Waals surface area contributed by atoms with Gasteiger partial charge in [-0.3, -0.25) is 4.79 Å². The molecule has 2 aromatic heterocycles. The molecule has 0 aromatic carbocycles. The van der Waals surface area contributed by atoms with Gasteiger partial charge in [-0.25, -0.2) is 0 Å². The van der Waals surface area contributed by atoms with E-state index >= 15 is 0 Å². The molecule has 0 saturated carbocycles. The van der Waals surface area contributed by atoms with Crippen molar-refractivity contribution in [2.75, 3.05) is 6.54 Å². The Balaban J connectivity index is 1.77. The quantitative estimate of drug-likeness (QED) is 0.842. The second-order valence-electron chi connectivity index (χ2n) is 2.82. The second-order valence-corrected chi connectivity index (χ2v) is 3.77. The Labute approximate surface area is 90.1 Å². The van der Waals surface area contributed by atoms with Gasteiger partial charge in [-0.1, -0.05) is 11.2 Å². The Morgan fingerprint density at radius 2 is 2.53 bits per heavy atom. The van der Waals surface area contributed by atoms with Gasteiger partial charge in [0, 0.05) is 13.0 Å². The molecule has 2 heterocycles. The minimum absolute atomic E-state index is 0.0653. The van der Waals surface area contributed by atoms with E-state index in [1.54, 1.807) is 6.07 Å². The summed E-state index contributed by atoms with van der Waals surface area (Å²) in [7, 11) is 0. The molecule has 2 aromatic rings. The predicted molar refractivity (Wildman–Crippen MR) is 54.7 cm³/mol. The molecule has 0 aliphatic carbocycles. The van der Waals surface area contributed by atoms with Crippen molar-refractivity contribution in [1.29, 1.82) is 0 Å². The monoisotopic (exact) mass is 223 g/mol. The highest BCUT2D eigenvalue weighted by Crippen LogP contribution is 2.07. The Bertz CT molecular complexity index is 411. The lowest BCUT2D eigenvalue weighted by Gasteiger charge is -1.99. The number of nitrogens with zero attached hydrogens (tertiary/aromatic N) is 2. The maximum atomic E-state index is 11.5. The summed E-state index contributed by atoms with van der Waals surface area (Å²) >= 11 is 1.42. The van der Waals surface area contributed by atoms with Crippen LogP contribution in [0.1, 0.15) is 15.6 Å². The number of rotatable bonds is 4. The van der Waals surface area contributed by atoms with E-state index < -0.39 is 0 Å². The normalized spacial score (nSPS) is 10.1. The zero-order chi connectivity index (χ0) is 10.5. The van der Waals surface area contributed by atoms with Crippen LogP contribution in [0.4, 0.5) is 0 Å². The Morgan fingerprint density at radius 3 is 3.20 bits per heavy atom. The van der Waals surface area contributed by atoms with E-state index in [1.807, 2.05) is 11.4 Å². The van der Waals surface area contributed by atoms with Crippen LogP contribution in [0.5, 0.6) is 0 Å². The molecule has 0 unspecified atom stereocenters. The fourth-order valence-corrected chi connectivity index (χ4v) is 1.72. The second kappa shape index (κ2) is 4.70. The molecule has 0 saturated heterocycles. The summed E-state index contributed by atoms with van der Waals surface area (Å²) in [6, 6.07) is 3.63. The van der Waals surface area contributed by atoms with Gasteiger partial charge in [-0.15, -0.1) is 11.3 Å². The molecule has 15 heavy (non-hydrogen) atoms. The molecule has 1 N–H and O–H groups in total. The van der Waals surface area contributed by atoms with Crippen LogP contribution >= 0.6 is 11.3 Å². The van der Waals surface area contributed by atoms with Crippen molar-refractivity contribution in [2.24, 2.45) is 0 Å². The summed E-state index contributed by atoms with van der Waals surface area (Å²) in [4.78, 5) is 16.0. The summed E-state index contributed by atoms with van der Waals surface area (Å²) in [5.74, 6) is 0.464. The molecular formula is C9H9N3O2S. The van der Waals surface area contributed by atoms with Crippen molar-refractivity contribution in [1.82, 2.24) is 15.5 Å². The minimum Gasteiger partial charge on any atom is -0.351 e. The zero-order valence-corrected chi connectivity index (χ0v) is 8.66. The van der Waals surface area contributed by atoms with Gasteiger partial charge in [0.2, 0.25) is 5.89 Å². The van der Waals surface area contributed by atoms with Crippen LogP contribution in [-0.4, -0.2) is 22.6 Å². The number of amides is 1. The number of hydrogen-bond acceptors (Lipinski definition) is 5. The molecule has 0 aliphatic rings. The summed E-state index contributed by atoms with van der Waals surface area (Å²) in [6.45, 7) is 0.499. The average molecular weight is 223 g/mol. The van der Waals surface area contributed by atoms with Crippen LogP contribution in [0.15, 0.2) is 28.4 Å². The lowest BCUT2D eigenvalue weighted by Crippen LogP contribution is -2.24. The first-order valence-corrected chi connectivity index (χ1v) is 5.31. The Hall–Kier alpha value is -1.69. The standard InChI is InChI=1S/C9H9N3O2S/c13-9(7-2-1-5-15-7)10-4-3-8-11-6-12-14-8/h1-2,5-6H,3-4H2,(H,10,13). The average Bonchev–Trinajstić information content (AvgIpc) is 2.90. The minimum atomic E-state index is -0.0653. The highest BCUT2D eigenvalue weighted by atomic mass is 32.1. The number of thiophene rings is 1. The maximum absolute atomic E-state index is 11.5. The molecule has 5 nitrogen and oxygen atoms in total. The van der Waals surface area contributed by atoms with E-state index in [9.17, 15) is 4.79 Å². The van der Waals surface area contributed by atoms with Crippen LogP contribution in [0.25, 0.3) is 0 Å². The fourth-order valence-electron chi connectivity index (χ4n) is 1.08. The van der Waals surface area contributed by atoms with Gasteiger partial charge >= 0.3 is 0 Å². The first-order chi connectivity index (χ1) is 7.36. The molecule has 0 aliphatic heterocycles. The number of aromatic nitrogens is 2. The van der Waals surface area contributed by atoms with Crippen molar-refractivity contribution < 1.29 is 9.32 Å². The van der Waals surface area contributed by atoms with Crippen LogP contribution in [0.2, 0.25) is 0 Å². The predicted octanol–water partition coefficient (Wildman–Crippen LogP) is 1.10. The summed E-state index contributed by atoms with van der Waals surface area (Å²) in [5, 5.41) is 8.11. The third kappa shape index (κ3) is 2.63. The van der Waals surface area contributed by atoms with Crippen LogP contribution < -0.4 is 5.32 Å². The van der Waals surface area contributed by atoms with Crippen LogP contribution in [0, 0.1) is 0 Å². The number of nitrogens with one attached hydrogen (secondary N) is 1. The number of hydrogen-bond donors (Lipinski definition) is 1. The largest absolute Gasteiger partial charge is 0.351 e. The fraction of sp³-hybridized carbons (Fsp3) is 0.222. The molecular weight excluding hydrogens is 214 g/mol. The molecule has 0 fully saturated rings. The van der Waals surface area contributed by atoms with Gasteiger partial charge in [0.15, 0.2) is 6.33 Å². The maximum Gasteiger partial charge on any atom is 0.261 e. The van der Waals surface area contributed by atoms with Gasteiger partial charge in [0.1, 0.15) is 0 Å². The smallest absolute Gasteiger partial charge is 0.261 e. The van der Waals surface area contributed by atoms with E-state index in [1.165, 1.54) is 17.7 Å². The van der Waals surface area contributed by atoms with E-state index in [-0.39, 0.29) is 5.91 Å². The third-order valence-corrected chi connectivity index (χ3v) is 2.64. The van der Waals surface area contributed by atoms with Gasteiger partial charge in [0.25, 0.3) is 5.91 Å². The van der Waals surface area contributed by atoms with Gasteiger partial charge in [-0.2, -0.15) is 4.98 Å².